The zero-order valence-corrected chi connectivity index (χ0v) is 13.0. The van der Waals surface area contributed by atoms with E-state index in [1.54, 1.807) is 24.7 Å². The molecule has 0 aliphatic carbocycles. The van der Waals surface area contributed by atoms with Crippen LogP contribution in [0.5, 0.6) is 5.75 Å². The Balaban J connectivity index is 1.77. The van der Waals surface area contributed by atoms with Gasteiger partial charge in [0.15, 0.2) is 0 Å². The predicted octanol–water partition coefficient (Wildman–Crippen LogP) is 4.54. The van der Waals surface area contributed by atoms with Gasteiger partial charge in [-0.3, -0.25) is 0 Å². The summed E-state index contributed by atoms with van der Waals surface area (Å²) in [6.07, 6.45) is 6.10. The molecule has 1 heterocycles. The topological polar surface area (TPSA) is 27.1 Å². The number of benzene rings is 2. The Kier molecular flexibility index (Phi) is 4.71. The number of aromatic nitrogens is 2. The van der Waals surface area contributed by atoms with E-state index in [-0.39, 0.29) is 11.9 Å². The largest absolute Gasteiger partial charge is 0.486 e. The molecule has 0 aliphatic heterocycles. The van der Waals surface area contributed by atoms with Crippen LogP contribution in [0.15, 0.2) is 67.3 Å². The fourth-order valence-electron chi connectivity index (χ4n) is 2.44. The fraction of sp³-hybridized carbons (Fsp3) is 0.211. The van der Waals surface area contributed by atoms with E-state index in [1.165, 1.54) is 17.7 Å². The van der Waals surface area contributed by atoms with Crippen molar-refractivity contribution < 1.29 is 9.13 Å². The van der Waals surface area contributed by atoms with E-state index in [0.29, 0.717) is 0 Å². The lowest BCUT2D eigenvalue weighted by molar-refractivity contribution is 0.188. The molecular formula is C19H19FN2O. The van der Waals surface area contributed by atoms with Gasteiger partial charge in [-0.15, -0.1) is 0 Å². The van der Waals surface area contributed by atoms with Gasteiger partial charge in [0.1, 0.15) is 17.7 Å². The number of rotatable bonds is 6. The SMILES string of the molecule is Cc1ccc(OC(CCn2ccnc2)c2ccc(F)cc2)cc1. The van der Waals surface area contributed by atoms with E-state index in [9.17, 15) is 4.39 Å². The Morgan fingerprint density at radius 2 is 1.83 bits per heavy atom. The van der Waals surface area contributed by atoms with Gasteiger partial charge in [0, 0.05) is 25.4 Å². The summed E-state index contributed by atoms with van der Waals surface area (Å²) in [6.45, 7) is 2.83. The van der Waals surface area contributed by atoms with Gasteiger partial charge < -0.3 is 9.30 Å². The Morgan fingerprint density at radius 3 is 2.48 bits per heavy atom. The van der Waals surface area contributed by atoms with Crippen LogP contribution in [0.25, 0.3) is 0 Å². The minimum absolute atomic E-state index is 0.138. The molecular weight excluding hydrogens is 291 g/mol. The molecule has 0 amide bonds. The Hall–Kier alpha value is -2.62. The third-order valence-electron chi connectivity index (χ3n) is 3.75. The van der Waals surface area contributed by atoms with E-state index in [1.807, 2.05) is 42.0 Å². The molecule has 0 spiro atoms. The molecule has 118 valence electrons. The van der Waals surface area contributed by atoms with Crippen molar-refractivity contribution in [2.75, 3.05) is 0 Å². The molecule has 0 fully saturated rings. The smallest absolute Gasteiger partial charge is 0.125 e. The van der Waals surface area contributed by atoms with Crippen LogP contribution in [0.1, 0.15) is 23.7 Å². The number of nitrogens with zero attached hydrogens (tertiary/aromatic N) is 2. The highest BCUT2D eigenvalue weighted by Gasteiger charge is 2.14. The van der Waals surface area contributed by atoms with E-state index >= 15 is 0 Å². The third kappa shape index (κ3) is 4.19. The quantitative estimate of drug-likeness (QED) is 0.668. The number of hydrogen-bond donors (Lipinski definition) is 0. The first-order valence-corrected chi connectivity index (χ1v) is 7.65. The van der Waals surface area contributed by atoms with Crippen molar-refractivity contribution in [1.29, 1.82) is 0 Å². The summed E-state index contributed by atoms with van der Waals surface area (Å²) in [5.74, 6) is 0.577. The number of imidazole rings is 1. The molecule has 2 aromatic carbocycles. The lowest BCUT2D eigenvalue weighted by Crippen LogP contribution is -2.11. The summed E-state index contributed by atoms with van der Waals surface area (Å²) in [6, 6.07) is 14.5. The average Bonchev–Trinajstić information content (AvgIpc) is 3.08. The van der Waals surface area contributed by atoms with E-state index in [0.717, 1.165) is 24.3 Å². The summed E-state index contributed by atoms with van der Waals surface area (Å²) < 4.78 is 21.3. The first kappa shape index (κ1) is 15.3. The zero-order chi connectivity index (χ0) is 16.1. The number of hydrogen-bond acceptors (Lipinski definition) is 2. The van der Waals surface area contributed by atoms with Gasteiger partial charge in [0.05, 0.1) is 6.33 Å². The van der Waals surface area contributed by atoms with Crippen LogP contribution < -0.4 is 4.74 Å². The third-order valence-corrected chi connectivity index (χ3v) is 3.75. The van der Waals surface area contributed by atoms with Gasteiger partial charge in [-0.05, 0) is 36.8 Å². The number of halogens is 1. The molecule has 0 N–H and O–H groups in total. The van der Waals surface area contributed by atoms with Crippen molar-refractivity contribution in [2.45, 2.75) is 26.0 Å². The second-order valence-electron chi connectivity index (χ2n) is 5.56. The normalized spacial score (nSPS) is 12.1. The minimum atomic E-state index is -0.238. The molecule has 1 aromatic heterocycles. The van der Waals surface area contributed by atoms with Crippen molar-refractivity contribution >= 4 is 0 Å². The number of ether oxygens (including phenoxy) is 1. The summed E-state index contributed by atoms with van der Waals surface area (Å²) in [5.41, 5.74) is 2.15. The molecule has 23 heavy (non-hydrogen) atoms. The van der Waals surface area contributed by atoms with Crippen LogP contribution in [0, 0.1) is 12.7 Å². The molecule has 0 saturated heterocycles. The second kappa shape index (κ2) is 7.09. The summed E-state index contributed by atoms with van der Waals surface area (Å²) >= 11 is 0. The first-order valence-electron chi connectivity index (χ1n) is 7.65. The molecule has 3 rings (SSSR count). The van der Waals surface area contributed by atoms with Crippen LogP contribution in [0.2, 0.25) is 0 Å². The Labute approximate surface area is 135 Å². The van der Waals surface area contributed by atoms with Gasteiger partial charge in [-0.25, -0.2) is 9.37 Å². The van der Waals surface area contributed by atoms with E-state index in [2.05, 4.69) is 4.98 Å². The van der Waals surface area contributed by atoms with Crippen LogP contribution in [0.4, 0.5) is 4.39 Å². The van der Waals surface area contributed by atoms with Crippen LogP contribution in [-0.4, -0.2) is 9.55 Å². The molecule has 0 bridgehead atoms. The van der Waals surface area contributed by atoms with Crippen molar-refractivity contribution in [2.24, 2.45) is 0 Å². The fourth-order valence-corrected chi connectivity index (χ4v) is 2.44. The highest BCUT2D eigenvalue weighted by atomic mass is 19.1. The minimum Gasteiger partial charge on any atom is -0.486 e. The van der Waals surface area contributed by atoms with Gasteiger partial charge >= 0.3 is 0 Å². The highest BCUT2D eigenvalue weighted by molar-refractivity contribution is 5.28. The molecule has 4 heteroatoms. The maximum atomic E-state index is 13.2. The molecule has 0 saturated carbocycles. The standard InChI is InChI=1S/C19H19FN2O/c1-15-2-8-18(9-3-15)23-19(10-12-22-13-11-21-14-22)16-4-6-17(20)7-5-16/h2-9,11,13-14,19H,10,12H2,1H3. The van der Waals surface area contributed by atoms with Gasteiger partial charge in [-0.1, -0.05) is 29.8 Å². The molecule has 1 atom stereocenters. The second-order valence-corrected chi connectivity index (χ2v) is 5.56. The maximum Gasteiger partial charge on any atom is 0.125 e. The van der Waals surface area contributed by atoms with Crippen molar-refractivity contribution in [3.63, 3.8) is 0 Å². The van der Waals surface area contributed by atoms with E-state index < -0.39 is 0 Å². The van der Waals surface area contributed by atoms with Gasteiger partial charge in [0.2, 0.25) is 0 Å². The predicted molar refractivity (Wildman–Crippen MR) is 87.8 cm³/mol. The monoisotopic (exact) mass is 310 g/mol. The molecule has 3 nitrogen and oxygen atoms in total. The van der Waals surface area contributed by atoms with Crippen LogP contribution >= 0.6 is 0 Å². The summed E-state index contributed by atoms with van der Waals surface area (Å²) in [5, 5.41) is 0. The molecule has 1 unspecified atom stereocenters. The van der Waals surface area contributed by atoms with Crippen molar-refractivity contribution in [3.8, 4) is 5.75 Å². The molecule has 3 aromatic rings. The van der Waals surface area contributed by atoms with Crippen molar-refractivity contribution in [1.82, 2.24) is 9.55 Å². The molecule has 0 radical (unpaired) electrons. The Morgan fingerprint density at radius 1 is 1.09 bits per heavy atom. The maximum absolute atomic E-state index is 13.2. The lowest BCUT2D eigenvalue weighted by atomic mass is 10.1. The van der Waals surface area contributed by atoms with Gasteiger partial charge in [0.25, 0.3) is 0 Å². The van der Waals surface area contributed by atoms with E-state index in [4.69, 9.17) is 4.74 Å². The summed E-state index contributed by atoms with van der Waals surface area (Å²) in [4.78, 5) is 4.05. The first-order chi connectivity index (χ1) is 11.2. The van der Waals surface area contributed by atoms with Gasteiger partial charge in [-0.2, -0.15) is 0 Å². The van der Waals surface area contributed by atoms with Crippen LogP contribution in [-0.2, 0) is 6.54 Å². The van der Waals surface area contributed by atoms with Crippen LogP contribution in [0.3, 0.4) is 0 Å². The molecule has 0 aliphatic rings. The average molecular weight is 310 g/mol. The lowest BCUT2D eigenvalue weighted by Gasteiger charge is -2.20. The Bertz CT molecular complexity index is 721. The zero-order valence-electron chi connectivity index (χ0n) is 13.0. The highest BCUT2D eigenvalue weighted by Crippen LogP contribution is 2.26. The summed E-state index contributed by atoms with van der Waals surface area (Å²) in [7, 11) is 0. The number of aryl methyl sites for hydroxylation is 2. The van der Waals surface area contributed by atoms with Crippen molar-refractivity contribution in [3.05, 3.63) is 84.2 Å².